The molecule has 79 heavy (non-hydrogen) atoms. The molecule has 0 saturated heterocycles. The second-order valence-electron chi connectivity index (χ2n) is 17.7. The van der Waals surface area contributed by atoms with Crippen molar-refractivity contribution in [1.82, 2.24) is 0 Å². The van der Waals surface area contributed by atoms with Crippen LogP contribution in [0.4, 0.5) is 37.7 Å². The zero-order valence-electron chi connectivity index (χ0n) is 41.6. The number of benzene rings is 6. The molecule has 4 atom stereocenters. The number of hydrogen-bond donors (Lipinski definition) is 2. The number of esters is 2. The molecule has 6 aromatic rings. The summed E-state index contributed by atoms with van der Waals surface area (Å²) in [5.41, 5.74) is -7.24. The van der Waals surface area contributed by atoms with Crippen molar-refractivity contribution in [2.75, 3.05) is 51.3 Å². The monoisotopic (exact) mass is 1180 g/mol. The fourth-order valence-corrected chi connectivity index (χ4v) is 9.74. The van der Waals surface area contributed by atoms with E-state index in [4.69, 9.17) is 65.4 Å². The van der Waals surface area contributed by atoms with Gasteiger partial charge < -0.3 is 48.4 Å². The van der Waals surface area contributed by atoms with Crippen molar-refractivity contribution < 1.29 is 84.2 Å². The van der Waals surface area contributed by atoms with Crippen molar-refractivity contribution in [2.24, 2.45) is 0 Å². The maximum Gasteiger partial charge on any atom is 0.422 e. The Bertz CT molecular complexity index is 3110. The van der Waals surface area contributed by atoms with Crippen LogP contribution >= 0.6 is 46.4 Å². The average molecular weight is 1180 g/mol. The molecule has 0 radical (unpaired) electrons. The van der Waals surface area contributed by atoms with Crippen molar-refractivity contribution in [1.29, 1.82) is 0 Å². The van der Waals surface area contributed by atoms with Crippen LogP contribution < -0.4 is 28.7 Å². The van der Waals surface area contributed by atoms with Crippen LogP contribution in [0.25, 0.3) is 0 Å². The molecule has 0 fully saturated rings. The van der Waals surface area contributed by atoms with Crippen LogP contribution in [-0.4, -0.2) is 87.8 Å². The van der Waals surface area contributed by atoms with E-state index in [9.17, 15) is 55.7 Å². The van der Waals surface area contributed by atoms with Crippen molar-refractivity contribution >= 4 is 81.5 Å². The molecule has 0 bridgehead atoms. The van der Waals surface area contributed by atoms with Gasteiger partial charge in [0, 0.05) is 48.1 Å². The molecule has 420 valence electrons. The molecule has 6 aromatic carbocycles. The minimum absolute atomic E-state index is 0. The third-order valence-corrected chi connectivity index (χ3v) is 14.4. The van der Waals surface area contributed by atoms with E-state index >= 15 is 0 Å². The summed E-state index contributed by atoms with van der Waals surface area (Å²) in [7, 11) is 5.25. The first-order chi connectivity index (χ1) is 36.5. The minimum Gasteiger partial charge on any atom is -0.482 e. The molecule has 2 heterocycles. The van der Waals surface area contributed by atoms with E-state index < -0.39 is 70.3 Å². The quantitative estimate of drug-likeness (QED) is 0.0879. The second-order valence-corrected chi connectivity index (χ2v) is 19.3. The molecular formula is C55H48Cl4F6N2O12. The number of anilines is 2. The van der Waals surface area contributed by atoms with Gasteiger partial charge in [0.2, 0.25) is 0 Å². The first kappa shape index (κ1) is 61.3. The molecule has 0 aliphatic carbocycles. The lowest BCUT2D eigenvalue weighted by Crippen LogP contribution is -2.47. The number of carbonyl (C=O) groups is 4. The predicted octanol–water partition coefficient (Wildman–Crippen LogP) is 13.6. The average Bonchev–Trinajstić information content (AvgIpc) is 3.41. The van der Waals surface area contributed by atoms with Gasteiger partial charge in [0.1, 0.15) is 34.5 Å². The number of carbonyl (C=O) groups excluding carboxylic acids is 4. The Kier molecular flexibility index (Phi) is 18.5. The Hall–Kier alpha value is -6.94. The molecule has 2 aliphatic rings. The van der Waals surface area contributed by atoms with E-state index in [0.717, 1.165) is 24.3 Å². The zero-order chi connectivity index (χ0) is 57.4. The Morgan fingerprint density at radius 1 is 0.532 bits per heavy atom. The van der Waals surface area contributed by atoms with Crippen LogP contribution in [-0.2, 0) is 30.3 Å². The van der Waals surface area contributed by atoms with Gasteiger partial charge in [-0.05, 0) is 95.1 Å². The van der Waals surface area contributed by atoms with Gasteiger partial charge in [-0.2, -0.15) is 26.3 Å². The third kappa shape index (κ3) is 12.1. The summed E-state index contributed by atoms with van der Waals surface area (Å²) in [6.07, 6.45) is -10.2. The molecule has 2 aliphatic heterocycles. The molecule has 2 N–H and O–H groups in total. The number of fused-ring (bicyclic) bond motifs is 2. The molecule has 0 spiro atoms. The summed E-state index contributed by atoms with van der Waals surface area (Å²) >= 11 is 25.0. The summed E-state index contributed by atoms with van der Waals surface area (Å²) in [4.78, 5) is 49.8. The Morgan fingerprint density at radius 2 is 0.848 bits per heavy atom. The van der Waals surface area contributed by atoms with Gasteiger partial charge >= 0.3 is 24.3 Å². The zero-order valence-corrected chi connectivity index (χ0v) is 44.6. The van der Waals surface area contributed by atoms with E-state index in [1.807, 2.05) is 0 Å². The van der Waals surface area contributed by atoms with Gasteiger partial charge in [0.15, 0.2) is 24.4 Å². The summed E-state index contributed by atoms with van der Waals surface area (Å²) in [5.74, 6) is -4.01. The van der Waals surface area contributed by atoms with E-state index in [2.05, 4.69) is 9.47 Å². The highest BCUT2D eigenvalue weighted by Crippen LogP contribution is 2.53. The number of rotatable bonds is 12. The number of nitrogens with zero attached hydrogens (tertiary/aromatic N) is 2. The number of alkyl halides is 6. The third-order valence-electron chi connectivity index (χ3n) is 13.1. The second kappa shape index (κ2) is 23.8. The summed E-state index contributed by atoms with van der Waals surface area (Å²) in [6.45, 7) is 1.92. The number of hydrogen-bond acceptors (Lipinski definition) is 12. The number of likely N-dealkylation sites (N-methyl/N-ethyl adjacent to an activating group) is 2. The normalized spacial score (nSPS) is 15.4. The highest BCUT2D eigenvalue weighted by molar-refractivity contribution is 6.34. The SMILES string of the molecule is C.COC(=O)c1ccc(Oc2ccc([C@@H](C)[C@@](O)(c3ccc4c(c3)N(C)C(=O)CO4)C(F)(F)F)c(Cl)c2)cc1Cl.COC(=O)c1ccc(Oc2ccc([C@H](C)[C@](O)(c3ccc4c(c3)N(C)C(=O)CO4)C(F)(F)F)c(Cl)c2)cc1Cl. The Labute approximate surface area is 468 Å². The van der Waals surface area contributed by atoms with Crippen LogP contribution in [0.15, 0.2) is 109 Å². The van der Waals surface area contributed by atoms with Crippen molar-refractivity contribution in [3.05, 3.63) is 163 Å². The first-order valence-corrected chi connectivity index (χ1v) is 24.4. The van der Waals surface area contributed by atoms with Gasteiger partial charge in [-0.1, -0.05) is 91.9 Å². The minimum atomic E-state index is -5.12. The summed E-state index contributed by atoms with van der Waals surface area (Å²) < 4.78 is 118. The molecule has 8 rings (SSSR count). The highest BCUT2D eigenvalue weighted by atomic mass is 35.5. The van der Waals surface area contributed by atoms with Gasteiger partial charge in [-0.25, -0.2) is 9.59 Å². The molecule has 14 nitrogen and oxygen atoms in total. The molecule has 0 saturated carbocycles. The van der Waals surface area contributed by atoms with Crippen LogP contribution in [0.2, 0.25) is 20.1 Å². The fraction of sp³-hybridized carbons (Fsp3) is 0.273. The lowest BCUT2D eigenvalue weighted by molar-refractivity contribution is -0.274. The van der Waals surface area contributed by atoms with Gasteiger partial charge in [-0.15, -0.1) is 0 Å². The predicted molar refractivity (Wildman–Crippen MR) is 283 cm³/mol. The van der Waals surface area contributed by atoms with Crippen molar-refractivity contribution in [2.45, 2.75) is 56.7 Å². The molecule has 2 amide bonds. The maximum absolute atomic E-state index is 14.5. The summed E-state index contributed by atoms with van der Waals surface area (Å²) in [6, 6.07) is 23.5. The van der Waals surface area contributed by atoms with Crippen LogP contribution in [0.5, 0.6) is 34.5 Å². The van der Waals surface area contributed by atoms with Crippen LogP contribution in [0.3, 0.4) is 0 Å². The smallest absolute Gasteiger partial charge is 0.422 e. The molecular weight excluding hydrogens is 1140 g/mol. The lowest BCUT2D eigenvalue weighted by atomic mass is 9.77. The van der Waals surface area contributed by atoms with Crippen molar-refractivity contribution in [3.8, 4) is 34.5 Å². The van der Waals surface area contributed by atoms with Gasteiger partial charge in [-0.3, -0.25) is 9.59 Å². The number of amides is 2. The molecule has 0 aromatic heterocycles. The van der Waals surface area contributed by atoms with Crippen LogP contribution in [0, 0.1) is 0 Å². The topological polar surface area (TPSA) is 171 Å². The highest BCUT2D eigenvalue weighted by Gasteiger charge is 2.60. The van der Waals surface area contributed by atoms with Crippen molar-refractivity contribution in [3.63, 3.8) is 0 Å². The van der Waals surface area contributed by atoms with Crippen LogP contribution in [0.1, 0.15) is 76.1 Å². The lowest BCUT2D eigenvalue weighted by Gasteiger charge is -2.38. The molecule has 0 unspecified atom stereocenters. The van der Waals surface area contributed by atoms with Gasteiger partial charge in [0.05, 0.1) is 46.8 Å². The van der Waals surface area contributed by atoms with E-state index in [1.165, 1.54) is 137 Å². The summed E-state index contributed by atoms with van der Waals surface area (Å²) in [5, 5.41) is 22.4. The number of halogens is 10. The first-order valence-electron chi connectivity index (χ1n) is 22.9. The standard InChI is InChI=1S/2C27H22Cl2F3NO6.CH4/c2*1-14(26(36,27(30,31)32)15-4-9-23-22(10-15)33(2)24(34)13-38-23)18-7-5-16(11-20(18)28)39-17-6-8-19(21(29)12-17)25(35)37-3;/h2*4-12,14,36H,13H2,1-3H3;1H4/t2*14-,26-;/m10./s1. The van der Waals surface area contributed by atoms with E-state index in [-0.39, 0.29) is 109 Å². The number of methoxy groups -OCH3 is 2. The maximum atomic E-state index is 14.5. The Balaban J connectivity index is 0.000000252. The van der Waals surface area contributed by atoms with E-state index in [0.29, 0.717) is 0 Å². The number of aliphatic hydroxyl groups is 2. The number of ether oxygens (including phenoxy) is 6. The molecule has 24 heteroatoms. The van der Waals surface area contributed by atoms with Gasteiger partial charge in [0.25, 0.3) is 11.8 Å². The largest absolute Gasteiger partial charge is 0.482 e. The fourth-order valence-electron chi connectivity index (χ4n) is 8.57. The van der Waals surface area contributed by atoms with E-state index in [1.54, 1.807) is 0 Å². The Morgan fingerprint density at radius 3 is 1.14 bits per heavy atom.